The minimum atomic E-state index is -1.21. The molecule has 0 spiro atoms. The first-order valence-electron chi connectivity index (χ1n) is 3.17. The molecule has 0 aliphatic carbocycles. The largest absolute Gasteiger partial charge is 0.480 e. The quantitative estimate of drug-likeness (QED) is 0.782. The summed E-state index contributed by atoms with van der Waals surface area (Å²) in [5.41, 5.74) is 0. The summed E-state index contributed by atoms with van der Waals surface area (Å²) in [7, 11) is 0. The fraction of sp³-hybridized carbons (Fsp3) is 0.833. The van der Waals surface area contributed by atoms with Crippen molar-refractivity contribution in [3.8, 4) is 0 Å². The summed E-state index contributed by atoms with van der Waals surface area (Å²) in [6.07, 6.45) is 0. The molecule has 0 amide bonds. The number of alkyl halides is 4. The van der Waals surface area contributed by atoms with Crippen molar-refractivity contribution in [1.29, 1.82) is 0 Å². The van der Waals surface area contributed by atoms with Gasteiger partial charge in [-0.1, -0.05) is 0 Å². The summed E-state index contributed by atoms with van der Waals surface area (Å²) in [5.74, 6) is -1.19. The van der Waals surface area contributed by atoms with Gasteiger partial charge >= 0.3 is 5.97 Å². The van der Waals surface area contributed by atoms with Crippen LogP contribution in [-0.4, -0.2) is 32.6 Å². The summed E-state index contributed by atoms with van der Waals surface area (Å²) in [6.45, 7) is 1.63. The molecule has 12 heavy (non-hydrogen) atoms. The van der Waals surface area contributed by atoms with E-state index in [4.69, 9.17) is 51.5 Å². The van der Waals surface area contributed by atoms with Gasteiger partial charge in [0, 0.05) is 5.38 Å². The number of aliphatic carboxylic acids is 1. The van der Waals surface area contributed by atoms with Crippen LogP contribution in [-0.2, 0) is 4.79 Å². The Labute approximate surface area is 90.7 Å². The summed E-state index contributed by atoms with van der Waals surface area (Å²) >= 11 is 22.4. The molecule has 0 rings (SSSR count). The van der Waals surface area contributed by atoms with Crippen LogP contribution < -0.4 is 0 Å². The van der Waals surface area contributed by atoms with E-state index in [-0.39, 0.29) is 0 Å². The molecule has 0 aliphatic heterocycles. The van der Waals surface area contributed by atoms with Gasteiger partial charge in [0.05, 0.1) is 10.8 Å². The molecule has 0 saturated heterocycles. The van der Waals surface area contributed by atoms with Crippen molar-refractivity contribution in [2.24, 2.45) is 0 Å². The van der Waals surface area contributed by atoms with Gasteiger partial charge in [-0.2, -0.15) is 0 Å². The lowest BCUT2D eigenvalue weighted by atomic mass is 10.2. The Hall–Kier alpha value is 0.630. The predicted octanol–water partition coefficient (Wildman–Crippen LogP) is 2.52. The maximum Gasteiger partial charge on any atom is 0.323 e. The van der Waals surface area contributed by atoms with E-state index >= 15 is 0 Å². The molecule has 0 fully saturated rings. The third-order valence-electron chi connectivity index (χ3n) is 1.26. The minimum absolute atomic E-state index is 0.422. The van der Waals surface area contributed by atoms with Crippen LogP contribution in [0.15, 0.2) is 0 Å². The van der Waals surface area contributed by atoms with E-state index in [2.05, 4.69) is 0 Å². The maximum atomic E-state index is 10.3. The highest BCUT2D eigenvalue weighted by Crippen LogP contribution is 2.23. The van der Waals surface area contributed by atoms with Gasteiger partial charge in [0.1, 0.15) is 5.38 Å². The monoisotopic (exact) mass is 252 g/mol. The third-order valence-corrected chi connectivity index (χ3v) is 3.55. The van der Waals surface area contributed by atoms with Crippen molar-refractivity contribution in [1.82, 2.24) is 0 Å². The molecule has 0 aliphatic rings. The van der Waals surface area contributed by atoms with Gasteiger partial charge in [-0.05, 0) is 6.92 Å². The molecule has 6 heteroatoms. The first-order valence-corrected chi connectivity index (χ1v) is 4.91. The molecular formula is C6H8Cl4O2. The second-order valence-electron chi connectivity index (χ2n) is 2.31. The van der Waals surface area contributed by atoms with Crippen molar-refractivity contribution >= 4 is 52.4 Å². The van der Waals surface area contributed by atoms with Crippen molar-refractivity contribution in [3.05, 3.63) is 0 Å². The molecule has 0 radical (unpaired) electrons. The zero-order valence-corrected chi connectivity index (χ0v) is 9.20. The first kappa shape index (κ1) is 12.6. The molecule has 4 atom stereocenters. The van der Waals surface area contributed by atoms with Crippen molar-refractivity contribution in [3.63, 3.8) is 0 Å². The molecule has 0 aromatic heterocycles. The molecular weight excluding hydrogens is 246 g/mol. The average molecular weight is 254 g/mol. The van der Waals surface area contributed by atoms with Crippen LogP contribution in [0, 0.1) is 0 Å². The maximum absolute atomic E-state index is 10.3. The Bertz CT molecular complexity index is 162. The first-order chi connectivity index (χ1) is 5.37. The van der Waals surface area contributed by atoms with Gasteiger partial charge in [0.2, 0.25) is 0 Å². The standard InChI is InChI=1S/C6H8Cl4O2/c1-2(7)3(8)4(9)5(10)6(11)12/h2-5H,1H3,(H,11,12). The van der Waals surface area contributed by atoms with Gasteiger partial charge < -0.3 is 5.11 Å². The van der Waals surface area contributed by atoms with Gasteiger partial charge in [0.25, 0.3) is 0 Å². The summed E-state index contributed by atoms with van der Waals surface area (Å²) in [6, 6.07) is 0. The zero-order valence-electron chi connectivity index (χ0n) is 6.18. The average Bonchev–Trinajstić information content (AvgIpc) is 2.00. The zero-order chi connectivity index (χ0) is 9.89. The lowest BCUT2D eigenvalue weighted by Gasteiger charge is -2.19. The van der Waals surface area contributed by atoms with E-state index in [0.717, 1.165) is 0 Å². The third kappa shape index (κ3) is 3.56. The summed E-state index contributed by atoms with van der Waals surface area (Å²) in [4.78, 5) is 10.3. The van der Waals surface area contributed by atoms with Crippen LogP contribution in [0.3, 0.4) is 0 Å². The highest BCUT2D eigenvalue weighted by Gasteiger charge is 2.32. The number of hydrogen-bond donors (Lipinski definition) is 1. The van der Waals surface area contributed by atoms with E-state index in [1.54, 1.807) is 6.92 Å². The fourth-order valence-corrected chi connectivity index (χ4v) is 1.48. The number of hydrogen-bond acceptors (Lipinski definition) is 1. The SMILES string of the molecule is CC(Cl)C(Cl)C(Cl)C(Cl)C(=O)O. The predicted molar refractivity (Wildman–Crippen MR) is 51.9 cm³/mol. The number of carbonyl (C=O) groups is 1. The molecule has 72 valence electrons. The molecule has 2 nitrogen and oxygen atoms in total. The molecule has 0 aromatic rings. The highest BCUT2D eigenvalue weighted by atomic mass is 35.5. The minimum Gasteiger partial charge on any atom is -0.480 e. The van der Waals surface area contributed by atoms with Crippen LogP contribution in [0.25, 0.3) is 0 Å². The summed E-state index contributed by atoms with van der Waals surface area (Å²) in [5, 5.41) is 5.29. The second kappa shape index (κ2) is 5.38. The van der Waals surface area contributed by atoms with E-state index < -0.39 is 27.5 Å². The van der Waals surface area contributed by atoms with Crippen molar-refractivity contribution < 1.29 is 9.90 Å². The van der Waals surface area contributed by atoms with Crippen molar-refractivity contribution in [2.75, 3.05) is 0 Å². The van der Waals surface area contributed by atoms with Gasteiger partial charge in [-0.3, -0.25) is 4.79 Å². The molecule has 0 bridgehead atoms. The number of carboxylic acids is 1. The van der Waals surface area contributed by atoms with E-state index in [1.807, 2.05) is 0 Å². The molecule has 4 unspecified atom stereocenters. The number of carboxylic acid groups (broad SMARTS) is 1. The topological polar surface area (TPSA) is 37.3 Å². The lowest BCUT2D eigenvalue weighted by molar-refractivity contribution is -0.136. The van der Waals surface area contributed by atoms with E-state index in [9.17, 15) is 4.79 Å². The Morgan fingerprint density at radius 3 is 1.83 bits per heavy atom. The molecule has 1 N–H and O–H groups in total. The van der Waals surface area contributed by atoms with Crippen LogP contribution in [0.4, 0.5) is 0 Å². The van der Waals surface area contributed by atoms with Gasteiger partial charge in [-0.15, -0.1) is 46.4 Å². The normalized spacial score (nSPS) is 21.1. The Balaban J connectivity index is 4.18. The van der Waals surface area contributed by atoms with Crippen LogP contribution in [0.1, 0.15) is 6.92 Å². The molecule has 0 heterocycles. The smallest absolute Gasteiger partial charge is 0.323 e. The Morgan fingerprint density at radius 1 is 1.17 bits per heavy atom. The second-order valence-corrected chi connectivity index (χ2v) is 4.47. The Kier molecular flexibility index (Phi) is 5.66. The van der Waals surface area contributed by atoms with E-state index in [1.165, 1.54) is 0 Å². The molecule has 0 aromatic carbocycles. The van der Waals surface area contributed by atoms with Gasteiger partial charge in [0.15, 0.2) is 0 Å². The van der Waals surface area contributed by atoms with E-state index in [0.29, 0.717) is 0 Å². The Morgan fingerprint density at radius 2 is 1.58 bits per heavy atom. The van der Waals surface area contributed by atoms with Gasteiger partial charge in [-0.25, -0.2) is 0 Å². The van der Waals surface area contributed by atoms with Crippen LogP contribution in [0.2, 0.25) is 0 Å². The highest BCUT2D eigenvalue weighted by molar-refractivity contribution is 6.41. The van der Waals surface area contributed by atoms with Crippen LogP contribution >= 0.6 is 46.4 Å². The summed E-state index contributed by atoms with van der Waals surface area (Å²) < 4.78 is 0. The number of rotatable bonds is 4. The lowest BCUT2D eigenvalue weighted by Crippen LogP contribution is -2.35. The number of halogens is 4. The molecule has 0 saturated carbocycles. The van der Waals surface area contributed by atoms with Crippen molar-refractivity contribution in [2.45, 2.75) is 28.4 Å². The van der Waals surface area contributed by atoms with Crippen LogP contribution in [0.5, 0.6) is 0 Å². The fourth-order valence-electron chi connectivity index (χ4n) is 0.551.